The van der Waals surface area contributed by atoms with Gasteiger partial charge < -0.3 is 28.3 Å². The number of carboxylic acid groups (broad SMARTS) is 1. The number of ether oxygens (including phenoxy) is 3. The van der Waals surface area contributed by atoms with Gasteiger partial charge in [0.05, 0.1) is 25.4 Å². The number of hydrogen-bond donors (Lipinski definition) is 1. The lowest BCUT2D eigenvalue weighted by atomic mass is 9.95. The number of aromatic carboxylic acids is 1. The van der Waals surface area contributed by atoms with E-state index in [2.05, 4.69) is 19.1 Å². The summed E-state index contributed by atoms with van der Waals surface area (Å²) in [5.41, 5.74) is 5.09. The zero-order chi connectivity index (χ0) is 30.5. The Morgan fingerprint density at radius 1 is 0.955 bits per heavy atom. The second-order valence-corrected chi connectivity index (χ2v) is 11.5. The summed E-state index contributed by atoms with van der Waals surface area (Å²) in [4.78, 5) is 16.8. The average Bonchev–Trinajstić information content (AvgIpc) is 3.59. The molecule has 6 rings (SSSR count). The van der Waals surface area contributed by atoms with Crippen LogP contribution in [-0.4, -0.2) is 39.4 Å². The maximum Gasteiger partial charge on any atom is 0.352 e. The van der Waals surface area contributed by atoms with Crippen LogP contribution in [0, 0.1) is 13.8 Å². The summed E-state index contributed by atoms with van der Waals surface area (Å²) >= 11 is 0. The molecule has 1 aliphatic carbocycles. The first-order chi connectivity index (χ1) is 21.4. The summed E-state index contributed by atoms with van der Waals surface area (Å²) < 4.78 is 26.3. The van der Waals surface area contributed by atoms with Crippen LogP contribution in [0.25, 0.3) is 22.4 Å². The Morgan fingerprint density at radius 2 is 1.77 bits per heavy atom. The van der Waals surface area contributed by atoms with E-state index in [1.807, 2.05) is 72.2 Å². The van der Waals surface area contributed by atoms with Crippen LogP contribution >= 0.6 is 0 Å². The van der Waals surface area contributed by atoms with E-state index >= 15 is 0 Å². The SMILES string of the molecule is Cc1cccc(-c2nc(CO[C@H]3CCC[C@@H](OCCn4c(C(=O)O)cc5cc(OCc6ccccc6)ccc54)C3)c(C)o2)c1. The number of aromatic nitrogens is 2. The van der Waals surface area contributed by atoms with Gasteiger partial charge in [0, 0.05) is 23.0 Å². The van der Waals surface area contributed by atoms with Gasteiger partial charge in [0.2, 0.25) is 5.89 Å². The van der Waals surface area contributed by atoms with Gasteiger partial charge in [0.25, 0.3) is 0 Å². The Balaban J connectivity index is 1.03. The maximum absolute atomic E-state index is 12.1. The molecule has 8 heteroatoms. The highest BCUT2D eigenvalue weighted by Crippen LogP contribution is 2.28. The van der Waals surface area contributed by atoms with Crippen molar-refractivity contribution in [2.75, 3.05) is 6.61 Å². The second kappa shape index (κ2) is 13.5. The van der Waals surface area contributed by atoms with E-state index < -0.39 is 5.97 Å². The van der Waals surface area contributed by atoms with Crippen LogP contribution < -0.4 is 4.74 Å². The highest BCUT2D eigenvalue weighted by Gasteiger charge is 2.24. The Morgan fingerprint density at radius 3 is 2.57 bits per heavy atom. The molecular formula is C36H38N2O6. The predicted octanol–water partition coefficient (Wildman–Crippen LogP) is 7.73. The summed E-state index contributed by atoms with van der Waals surface area (Å²) in [6.07, 6.45) is 3.87. The van der Waals surface area contributed by atoms with E-state index in [0.717, 1.165) is 64.7 Å². The average molecular weight is 595 g/mol. The molecule has 1 fully saturated rings. The monoisotopic (exact) mass is 594 g/mol. The molecule has 1 aliphatic rings. The van der Waals surface area contributed by atoms with Crippen molar-refractivity contribution >= 4 is 16.9 Å². The van der Waals surface area contributed by atoms with Crippen molar-refractivity contribution in [2.45, 2.75) is 71.5 Å². The first-order valence-electron chi connectivity index (χ1n) is 15.2. The molecular weight excluding hydrogens is 556 g/mol. The topological polar surface area (TPSA) is 96.0 Å². The van der Waals surface area contributed by atoms with E-state index in [-0.39, 0.29) is 17.9 Å². The van der Waals surface area contributed by atoms with E-state index in [1.54, 1.807) is 6.07 Å². The van der Waals surface area contributed by atoms with Crippen LogP contribution in [0.5, 0.6) is 5.75 Å². The van der Waals surface area contributed by atoms with Gasteiger partial charge in [0.1, 0.15) is 29.5 Å². The number of rotatable bonds is 12. The third-order valence-corrected chi connectivity index (χ3v) is 8.20. The molecule has 8 nitrogen and oxygen atoms in total. The molecule has 44 heavy (non-hydrogen) atoms. The number of benzene rings is 3. The summed E-state index contributed by atoms with van der Waals surface area (Å²) in [5, 5.41) is 10.7. The minimum Gasteiger partial charge on any atom is -0.489 e. The molecule has 0 spiro atoms. The largest absolute Gasteiger partial charge is 0.489 e. The van der Waals surface area contributed by atoms with Crippen LogP contribution in [0.4, 0.5) is 0 Å². The van der Waals surface area contributed by atoms with Gasteiger partial charge >= 0.3 is 5.97 Å². The van der Waals surface area contributed by atoms with Gasteiger partial charge in [-0.2, -0.15) is 0 Å². The second-order valence-electron chi connectivity index (χ2n) is 11.5. The zero-order valence-electron chi connectivity index (χ0n) is 25.2. The molecule has 0 aliphatic heterocycles. The lowest BCUT2D eigenvalue weighted by molar-refractivity contribution is -0.0523. The fourth-order valence-electron chi connectivity index (χ4n) is 5.87. The molecule has 2 atom stereocenters. The standard InChI is InChI=1S/C36H38N2O6/c1-24-8-6-11-27(18-24)35-37-32(25(2)44-35)23-43-30-13-7-12-29(21-30)41-17-16-38-33-15-14-31(19-28(33)20-34(38)36(39)40)42-22-26-9-4-3-5-10-26/h3-6,8-11,14-15,18-20,29-30H,7,12-13,16-17,21-23H2,1-2H3,(H,39,40)/t29-,30+/m1/s1. The van der Waals surface area contributed by atoms with Crippen LogP contribution in [0.15, 0.2) is 83.3 Å². The molecule has 0 bridgehead atoms. The Bertz CT molecular complexity index is 1720. The van der Waals surface area contributed by atoms with Crippen molar-refractivity contribution in [3.8, 4) is 17.2 Å². The zero-order valence-corrected chi connectivity index (χ0v) is 25.2. The van der Waals surface area contributed by atoms with Gasteiger partial charge in [-0.15, -0.1) is 0 Å². The first-order valence-corrected chi connectivity index (χ1v) is 15.2. The van der Waals surface area contributed by atoms with Gasteiger partial charge in [-0.1, -0.05) is 48.0 Å². The normalized spacial score (nSPS) is 16.8. The fourth-order valence-corrected chi connectivity index (χ4v) is 5.87. The third kappa shape index (κ3) is 7.04. The number of carboxylic acids is 1. The highest BCUT2D eigenvalue weighted by atomic mass is 16.5. The Labute approximate surface area is 257 Å². The Hall–Kier alpha value is -4.40. The number of fused-ring (bicyclic) bond motifs is 1. The van der Waals surface area contributed by atoms with E-state index in [9.17, 15) is 9.90 Å². The fraction of sp³-hybridized carbons (Fsp3) is 0.333. The van der Waals surface area contributed by atoms with Crippen molar-refractivity contribution in [2.24, 2.45) is 0 Å². The molecule has 0 saturated heterocycles. The molecule has 0 radical (unpaired) electrons. The molecule has 0 unspecified atom stereocenters. The van der Waals surface area contributed by atoms with Gasteiger partial charge in [-0.3, -0.25) is 0 Å². The molecule has 2 aromatic heterocycles. The molecule has 1 saturated carbocycles. The number of carbonyl (C=O) groups is 1. The highest BCUT2D eigenvalue weighted by molar-refractivity contribution is 5.95. The van der Waals surface area contributed by atoms with E-state index in [0.29, 0.717) is 38.0 Å². The lowest BCUT2D eigenvalue weighted by Gasteiger charge is -2.29. The van der Waals surface area contributed by atoms with Crippen molar-refractivity contribution in [1.29, 1.82) is 0 Å². The van der Waals surface area contributed by atoms with Gasteiger partial charge in [-0.25, -0.2) is 9.78 Å². The summed E-state index contributed by atoms with van der Waals surface area (Å²) in [6.45, 7) is 5.67. The summed E-state index contributed by atoms with van der Waals surface area (Å²) in [5.74, 6) is 1.12. The molecule has 0 amide bonds. The number of oxazole rings is 1. The first kappa shape index (κ1) is 29.7. The third-order valence-electron chi connectivity index (χ3n) is 8.20. The maximum atomic E-state index is 12.1. The van der Waals surface area contributed by atoms with Crippen molar-refractivity contribution in [1.82, 2.24) is 9.55 Å². The number of aryl methyl sites for hydroxylation is 2. The minimum absolute atomic E-state index is 0.0584. The van der Waals surface area contributed by atoms with Crippen LogP contribution in [0.1, 0.15) is 58.8 Å². The predicted molar refractivity (Wildman–Crippen MR) is 168 cm³/mol. The van der Waals surface area contributed by atoms with E-state index in [4.69, 9.17) is 23.6 Å². The molecule has 228 valence electrons. The van der Waals surface area contributed by atoms with Crippen molar-refractivity contribution < 1.29 is 28.5 Å². The molecule has 1 N–H and O–H groups in total. The summed E-state index contributed by atoms with van der Waals surface area (Å²) in [7, 11) is 0. The number of hydrogen-bond acceptors (Lipinski definition) is 6. The summed E-state index contributed by atoms with van der Waals surface area (Å²) in [6, 6.07) is 25.5. The quantitative estimate of drug-likeness (QED) is 0.158. The Kier molecular flexibility index (Phi) is 9.09. The molecule has 2 heterocycles. The van der Waals surface area contributed by atoms with Crippen molar-refractivity contribution in [3.05, 3.63) is 107 Å². The van der Waals surface area contributed by atoms with Gasteiger partial charge in [0.15, 0.2) is 0 Å². The smallest absolute Gasteiger partial charge is 0.352 e. The van der Waals surface area contributed by atoms with Gasteiger partial charge in [-0.05, 0) is 81.5 Å². The van der Waals surface area contributed by atoms with E-state index in [1.165, 1.54) is 0 Å². The van der Waals surface area contributed by atoms with Crippen LogP contribution in [-0.2, 0) is 29.2 Å². The van der Waals surface area contributed by atoms with Crippen LogP contribution in [0.2, 0.25) is 0 Å². The van der Waals surface area contributed by atoms with Crippen molar-refractivity contribution in [3.63, 3.8) is 0 Å². The minimum atomic E-state index is -0.965. The molecule has 5 aromatic rings. The molecule has 3 aromatic carbocycles. The number of nitrogens with zero attached hydrogens (tertiary/aromatic N) is 2. The van der Waals surface area contributed by atoms with Crippen LogP contribution in [0.3, 0.4) is 0 Å². The lowest BCUT2D eigenvalue weighted by Crippen LogP contribution is -2.29.